The number of aliphatic hydroxyl groups is 1. The normalized spacial score (nSPS) is 14.8. The van der Waals surface area contributed by atoms with Crippen LogP contribution in [0.4, 0.5) is 13.2 Å². The first kappa shape index (κ1) is 15.9. The summed E-state index contributed by atoms with van der Waals surface area (Å²) in [6, 6.07) is 9.90. The van der Waals surface area contributed by atoms with E-state index >= 15 is 0 Å². The molecule has 0 aromatic heterocycles. The molecule has 0 fully saturated rings. The molecule has 1 unspecified atom stereocenters. The third kappa shape index (κ3) is 3.22. The molecule has 5 heteroatoms. The molecule has 1 N–H and O–H groups in total. The summed E-state index contributed by atoms with van der Waals surface area (Å²) in [6.07, 6.45) is -4.39. The van der Waals surface area contributed by atoms with E-state index < -0.39 is 17.3 Å². The minimum Gasteiger partial charge on any atom is -0.381 e. The lowest BCUT2D eigenvalue weighted by molar-refractivity contribution is -0.137. The van der Waals surface area contributed by atoms with Crippen molar-refractivity contribution >= 4 is 11.6 Å². The van der Waals surface area contributed by atoms with Gasteiger partial charge in [-0.3, -0.25) is 0 Å². The van der Waals surface area contributed by atoms with Gasteiger partial charge >= 0.3 is 6.18 Å². The van der Waals surface area contributed by atoms with Gasteiger partial charge in [0.25, 0.3) is 0 Å². The summed E-state index contributed by atoms with van der Waals surface area (Å²) in [4.78, 5) is 0. The van der Waals surface area contributed by atoms with Gasteiger partial charge in [0.1, 0.15) is 5.60 Å². The molecule has 0 radical (unpaired) electrons. The van der Waals surface area contributed by atoms with Crippen LogP contribution in [0.15, 0.2) is 42.5 Å². The van der Waals surface area contributed by atoms with E-state index in [9.17, 15) is 18.3 Å². The lowest BCUT2D eigenvalue weighted by atomic mass is 9.85. The van der Waals surface area contributed by atoms with Gasteiger partial charge in [0, 0.05) is 5.02 Å². The van der Waals surface area contributed by atoms with E-state index in [1.165, 1.54) is 6.07 Å². The highest BCUT2D eigenvalue weighted by Gasteiger charge is 2.33. The molecule has 0 heterocycles. The van der Waals surface area contributed by atoms with Gasteiger partial charge in [-0.25, -0.2) is 0 Å². The maximum absolute atomic E-state index is 12.7. The topological polar surface area (TPSA) is 20.2 Å². The second-order valence-corrected chi connectivity index (χ2v) is 5.54. The van der Waals surface area contributed by atoms with E-state index in [2.05, 4.69) is 0 Å². The van der Waals surface area contributed by atoms with E-state index in [0.717, 1.165) is 12.1 Å². The molecule has 0 aliphatic rings. The summed E-state index contributed by atoms with van der Waals surface area (Å²) in [7, 11) is 0. The van der Waals surface area contributed by atoms with E-state index in [4.69, 9.17) is 11.6 Å². The van der Waals surface area contributed by atoms with Crippen LogP contribution < -0.4 is 0 Å². The van der Waals surface area contributed by atoms with Crippen LogP contribution in [0.5, 0.6) is 0 Å². The standard InChI is InChI=1S/C16H14ClF3O/c1-10-9-12(16(18,19)20)5-8-14(10)15(2,21)11-3-6-13(17)7-4-11/h3-9,21H,1-2H3. The predicted octanol–water partition coefficient (Wildman–Crippen LogP) is 4.92. The van der Waals surface area contributed by atoms with Crippen molar-refractivity contribution < 1.29 is 18.3 Å². The molecule has 21 heavy (non-hydrogen) atoms. The molecule has 0 saturated carbocycles. The van der Waals surface area contributed by atoms with Crippen LogP contribution in [-0.4, -0.2) is 5.11 Å². The number of benzene rings is 2. The van der Waals surface area contributed by atoms with Crippen LogP contribution in [0, 0.1) is 6.92 Å². The highest BCUT2D eigenvalue weighted by molar-refractivity contribution is 6.30. The number of rotatable bonds is 2. The fourth-order valence-electron chi connectivity index (χ4n) is 2.32. The number of hydrogen-bond donors (Lipinski definition) is 1. The molecule has 1 atom stereocenters. The van der Waals surface area contributed by atoms with Crippen LogP contribution >= 0.6 is 11.6 Å². The molecule has 112 valence electrons. The lowest BCUT2D eigenvalue weighted by Gasteiger charge is -2.27. The average molecular weight is 315 g/mol. The Labute approximate surface area is 126 Å². The maximum Gasteiger partial charge on any atom is 0.416 e. The van der Waals surface area contributed by atoms with Gasteiger partial charge in [-0.15, -0.1) is 0 Å². The largest absolute Gasteiger partial charge is 0.416 e. The Morgan fingerprint density at radius 2 is 1.48 bits per heavy atom. The lowest BCUT2D eigenvalue weighted by Crippen LogP contribution is -2.24. The van der Waals surface area contributed by atoms with Crippen molar-refractivity contribution in [3.63, 3.8) is 0 Å². The highest BCUT2D eigenvalue weighted by Crippen LogP contribution is 2.36. The van der Waals surface area contributed by atoms with Crippen molar-refractivity contribution in [2.75, 3.05) is 0 Å². The van der Waals surface area contributed by atoms with E-state index in [-0.39, 0.29) is 0 Å². The van der Waals surface area contributed by atoms with Gasteiger partial charge in [0.15, 0.2) is 0 Å². The number of halogens is 4. The van der Waals surface area contributed by atoms with Gasteiger partial charge in [0.05, 0.1) is 5.56 Å². The molecule has 0 aliphatic heterocycles. The predicted molar refractivity (Wildman–Crippen MR) is 76.3 cm³/mol. The van der Waals surface area contributed by atoms with Crippen LogP contribution in [0.25, 0.3) is 0 Å². The van der Waals surface area contributed by atoms with Crippen molar-refractivity contribution in [3.05, 3.63) is 69.7 Å². The Balaban J connectivity index is 2.47. The molecule has 2 aromatic rings. The van der Waals surface area contributed by atoms with Crippen molar-refractivity contribution in [2.24, 2.45) is 0 Å². The third-order valence-electron chi connectivity index (χ3n) is 3.48. The molecule has 0 spiro atoms. The third-order valence-corrected chi connectivity index (χ3v) is 3.74. The van der Waals surface area contributed by atoms with Gasteiger partial charge in [-0.1, -0.05) is 29.8 Å². The summed E-state index contributed by atoms with van der Waals surface area (Å²) in [5.41, 5.74) is -0.744. The number of alkyl halides is 3. The zero-order chi connectivity index (χ0) is 15.8. The zero-order valence-electron chi connectivity index (χ0n) is 11.5. The van der Waals surface area contributed by atoms with Gasteiger partial charge in [0.2, 0.25) is 0 Å². The summed E-state index contributed by atoms with van der Waals surface area (Å²) >= 11 is 5.80. The Bertz CT molecular complexity index is 646. The fourth-order valence-corrected chi connectivity index (χ4v) is 2.44. The van der Waals surface area contributed by atoms with Crippen LogP contribution in [0.3, 0.4) is 0 Å². The molecular weight excluding hydrogens is 301 g/mol. The molecule has 2 aromatic carbocycles. The smallest absolute Gasteiger partial charge is 0.381 e. The molecule has 0 saturated heterocycles. The van der Waals surface area contributed by atoms with Crippen molar-refractivity contribution in [2.45, 2.75) is 25.6 Å². The van der Waals surface area contributed by atoms with E-state index in [0.29, 0.717) is 21.7 Å². The summed E-state index contributed by atoms with van der Waals surface area (Å²) in [5, 5.41) is 11.2. The zero-order valence-corrected chi connectivity index (χ0v) is 12.3. The van der Waals surface area contributed by atoms with Gasteiger partial charge < -0.3 is 5.11 Å². The minimum atomic E-state index is -4.39. The molecule has 0 amide bonds. The van der Waals surface area contributed by atoms with Gasteiger partial charge in [-0.2, -0.15) is 13.2 Å². The molecule has 0 aliphatic carbocycles. The van der Waals surface area contributed by atoms with Crippen LogP contribution in [0.2, 0.25) is 5.02 Å². The maximum atomic E-state index is 12.7. The first-order valence-corrected chi connectivity index (χ1v) is 6.67. The Morgan fingerprint density at radius 1 is 0.952 bits per heavy atom. The molecule has 2 rings (SSSR count). The molecule has 1 nitrogen and oxygen atoms in total. The first-order valence-electron chi connectivity index (χ1n) is 6.29. The van der Waals surface area contributed by atoms with E-state index in [1.807, 2.05) is 0 Å². The van der Waals surface area contributed by atoms with Crippen molar-refractivity contribution in [1.82, 2.24) is 0 Å². The molecule has 0 bridgehead atoms. The van der Waals surface area contributed by atoms with Crippen LogP contribution in [-0.2, 0) is 11.8 Å². The van der Waals surface area contributed by atoms with Crippen LogP contribution in [0.1, 0.15) is 29.2 Å². The van der Waals surface area contributed by atoms with Crippen molar-refractivity contribution in [3.8, 4) is 0 Å². The van der Waals surface area contributed by atoms with E-state index in [1.54, 1.807) is 38.1 Å². The highest BCUT2D eigenvalue weighted by atomic mass is 35.5. The minimum absolute atomic E-state index is 0.379. The Kier molecular flexibility index (Phi) is 4.04. The summed E-state index contributed by atoms with van der Waals surface area (Å²) in [6.45, 7) is 3.10. The Morgan fingerprint density at radius 3 is 1.95 bits per heavy atom. The second kappa shape index (κ2) is 5.35. The summed E-state index contributed by atoms with van der Waals surface area (Å²) in [5.74, 6) is 0. The number of aryl methyl sites for hydroxylation is 1. The van der Waals surface area contributed by atoms with Crippen molar-refractivity contribution in [1.29, 1.82) is 0 Å². The van der Waals surface area contributed by atoms with Gasteiger partial charge in [-0.05, 0) is 54.8 Å². The fraction of sp³-hybridized carbons (Fsp3) is 0.250. The summed E-state index contributed by atoms with van der Waals surface area (Å²) < 4.78 is 38.1. The quantitative estimate of drug-likeness (QED) is 0.834. The second-order valence-electron chi connectivity index (χ2n) is 5.11. The number of hydrogen-bond acceptors (Lipinski definition) is 1. The average Bonchev–Trinajstić information content (AvgIpc) is 2.37. The molecular formula is C16H14ClF3O. The Hall–Kier alpha value is -1.52. The SMILES string of the molecule is Cc1cc(C(F)(F)F)ccc1C(C)(O)c1ccc(Cl)cc1. The monoisotopic (exact) mass is 314 g/mol. The first-order chi connectivity index (χ1) is 9.62.